The first-order valence-electron chi connectivity index (χ1n) is 9.43. The van der Waals surface area contributed by atoms with Crippen LogP contribution in [-0.4, -0.2) is 46.2 Å². The predicted molar refractivity (Wildman–Crippen MR) is 110 cm³/mol. The summed E-state index contributed by atoms with van der Waals surface area (Å²) in [4.78, 5) is 23.6. The summed E-state index contributed by atoms with van der Waals surface area (Å²) < 4.78 is 35.7. The maximum absolute atomic E-state index is 13.8. The third kappa shape index (κ3) is 5.48. The summed E-state index contributed by atoms with van der Waals surface area (Å²) in [5.41, 5.74) is 1.57. The van der Waals surface area contributed by atoms with Crippen LogP contribution in [-0.2, 0) is 19.1 Å². The van der Waals surface area contributed by atoms with Crippen LogP contribution in [0.1, 0.15) is 30.6 Å². The topological polar surface area (TPSA) is 83.1 Å². The van der Waals surface area contributed by atoms with Gasteiger partial charge in [-0.3, -0.25) is 4.79 Å². The molecule has 0 aliphatic heterocycles. The number of carbonyl (C=O) groups excluding carboxylic acids is 2. The fourth-order valence-corrected chi connectivity index (χ4v) is 3.09. The number of carbonyl (C=O) groups is 2. The Morgan fingerprint density at radius 3 is 2.53 bits per heavy atom. The number of methoxy groups -OCH3 is 2. The fourth-order valence-electron chi connectivity index (χ4n) is 3.09. The van der Waals surface area contributed by atoms with Crippen LogP contribution in [0.2, 0.25) is 0 Å². The molecule has 1 N–H and O–H groups in total. The van der Waals surface area contributed by atoms with E-state index in [0.717, 1.165) is 0 Å². The van der Waals surface area contributed by atoms with E-state index in [1.807, 2.05) is 0 Å². The summed E-state index contributed by atoms with van der Waals surface area (Å²) in [6, 6.07) is 9.38. The molecule has 30 heavy (non-hydrogen) atoms. The Hall–Kier alpha value is -3.13. The van der Waals surface area contributed by atoms with Crippen molar-refractivity contribution in [2.75, 3.05) is 33.2 Å². The lowest BCUT2D eigenvalue weighted by molar-refractivity contribution is -0.149. The summed E-state index contributed by atoms with van der Waals surface area (Å²) in [6.07, 6.45) is -1.66. The summed E-state index contributed by atoms with van der Waals surface area (Å²) in [6.45, 7) is 1.87. The van der Waals surface area contributed by atoms with E-state index in [2.05, 4.69) is 5.32 Å². The highest BCUT2D eigenvalue weighted by Crippen LogP contribution is 2.41. The zero-order valence-electron chi connectivity index (χ0n) is 17.4. The second kappa shape index (κ2) is 11.2. The Bertz CT molecular complexity index is 873. The molecule has 0 radical (unpaired) electrons. The van der Waals surface area contributed by atoms with E-state index >= 15 is 0 Å². The van der Waals surface area contributed by atoms with E-state index in [1.165, 1.54) is 26.4 Å². The fraction of sp³-hybridized carbons (Fsp3) is 0.364. The number of rotatable bonds is 11. The standard InChI is InChI=1S/C22H26FNO6/c1-5-29-20(26)12-15(13-25)30-21(16-10-9-14(23)11-18(16)24-2)17-7-6-8-19(27-3)22(17)28-4/h6-11,13,15,21,24H,5,12H2,1-4H3/t15-,21+/m1/s1. The van der Waals surface area contributed by atoms with Gasteiger partial charge >= 0.3 is 5.97 Å². The minimum atomic E-state index is -1.08. The molecule has 0 spiro atoms. The van der Waals surface area contributed by atoms with Crippen molar-refractivity contribution < 1.29 is 32.9 Å². The number of halogens is 1. The quantitative estimate of drug-likeness (QED) is 0.441. The van der Waals surface area contributed by atoms with E-state index in [9.17, 15) is 14.0 Å². The van der Waals surface area contributed by atoms with E-state index in [-0.39, 0.29) is 13.0 Å². The number of benzene rings is 2. The van der Waals surface area contributed by atoms with E-state index in [1.54, 1.807) is 38.2 Å². The van der Waals surface area contributed by atoms with Gasteiger partial charge in [0.1, 0.15) is 24.3 Å². The Kier molecular flexibility index (Phi) is 8.61. The molecule has 0 saturated heterocycles. The van der Waals surface area contributed by atoms with Gasteiger partial charge in [-0.15, -0.1) is 0 Å². The van der Waals surface area contributed by atoms with Gasteiger partial charge in [-0.25, -0.2) is 4.39 Å². The summed E-state index contributed by atoms with van der Waals surface area (Å²) in [7, 11) is 4.63. The van der Waals surface area contributed by atoms with Crippen molar-refractivity contribution in [3.05, 3.63) is 53.3 Å². The number of anilines is 1. The van der Waals surface area contributed by atoms with Gasteiger partial charge in [-0.2, -0.15) is 0 Å². The molecule has 0 bridgehead atoms. The highest BCUT2D eigenvalue weighted by molar-refractivity contribution is 5.75. The average molecular weight is 419 g/mol. The lowest BCUT2D eigenvalue weighted by atomic mass is 9.97. The molecular formula is C22H26FNO6. The number of esters is 1. The predicted octanol–water partition coefficient (Wildman–Crippen LogP) is 3.51. The normalized spacial score (nSPS) is 12.6. The second-order valence-corrected chi connectivity index (χ2v) is 6.26. The molecule has 2 atom stereocenters. The van der Waals surface area contributed by atoms with Crippen molar-refractivity contribution in [1.82, 2.24) is 0 Å². The van der Waals surface area contributed by atoms with Gasteiger partial charge in [0.15, 0.2) is 11.5 Å². The number of aldehydes is 1. The first kappa shape index (κ1) is 23.2. The van der Waals surface area contributed by atoms with Crippen LogP contribution in [0.15, 0.2) is 36.4 Å². The summed E-state index contributed by atoms with van der Waals surface area (Å²) >= 11 is 0. The lowest BCUT2D eigenvalue weighted by Gasteiger charge is -2.26. The molecule has 2 aromatic carbocycles. The molecule has 2 rings (SSSR count). The molecular weight excluding hydrogens is 393 g/mol. The van der Waals surface area contributed by atoms with E-state index in [4.69, 9.17) is 18.9 Å². The van der Waals surface area contributed by atoms with Crippen molar-refractivity contribution in [2.45, 2.75) is 25.6 Å². The number of nitrogens with one attached hydrogen (secondary N) is 1. The van der Waals surface area contributed by atoms with Crippen LogP contribution in [0.3, 0.4) is 0 Å². The molecule has 2 aromatic rings. The highest BCUT2D eigenvalue weighted by atomic mass is 19.1. The van der Waals surface area contributed by atoms with Crippen LogP contribution in [0, 0.1) is 5.82 Å². The van der Waals surface area contributed by atoms with Gasteiger partial charge < -0.3 is 29.1 Å². The Morgan fingerprint density at radius 2 is 1.93 bits per heavy atom. The zero-order valence-corrected chi connectivity index (χ0v) is 17.4. The number of ether oxygens (including phenoxy) is 4. The van der Waals surface area contributed by atoms with Crippen molar-refractivity contribution in [3.63, 3.8) is 0 Å². The number of hydrogen-bond acceptors (Lipinski definition) is 7. The van der Waals surface area contributed by atoms with Gasteiger partial charge in [0.25, 0.3) is 0 Å². The molecule has 0 unspecified atom stereocenters. The van der Waals surface area contributed by atoms with Crippen LogP contribution >= 0.6 is 0 Å². The van der Waals surface area contributed by atoms with Crippen molar-refractivity contribution in [3.8, 4) is 11.5 Å². The molecule has 0 heterocycles. The summed E-state index contributed by atoms with van der Waals surface area (Å²) in [5, 5.41) is 2.93. The van der Waals surface area contributed by atoms with E-state index < -0.39 is 24.0 Å². The minimum absolute atomic E-state index is 0.194. The molecule has 0 aliphatic carbocycles. The van der Waals surface area contributed by atoms with Crippen LogP contribution in [0.4, 0.5) is 10.1 Å². The molecule has 0 fully saturated rings. The van der Waals surface area contributed by atoms with Crippen LogP contribution in [0.25, 0.3) is 0 Å². The largest absolute Gasteiger partial charge is 0.493 e. The molecule has 0 amide bonds. The molecule has 0 aromatic heterocycles. The third-order valence-corrected chi connectivity index (χ3v) is 4.42. The number of hydrogen-bond donors (Lipinski definition) is 1. The van der Waals surface area contributed by atoms with Gasteiger partial charge in [-0.05, 0) is 25.1 Å². The average Bonchev–Trinajstić information content (AvgIpc) is 2.76. The maximum Gasteiger partial charge on any atom is 0.308 e. The third-order valence-electron chi connectivity index (χ3n) is 4.42. The van der Waals surface area contributed by atoms with Crippen LogP contribution in [0.5, 0.6) is 11.5 Å². The Balaban J connectivity index is 2.57. The summed E-state index contributed by atoms with van der Waals surface area (Å²) in [5.74, 6) is -0.126. The zero-order chi connectivity index (χ0) is 22.1. The van der Waals surface area contributed by atoms with Crippen molar-refractivity contribution in [1.29, 1.82) is 0 Å². The molecule has 8 heteroatoms. The van der Waals surface area contributed by atoms with Gasteiger partial charge in [0, 0.05) is 23.9 Å². The molecule has 7 nitrogen and oxygen atoms in total. The van der Waals surface area contributed by atoms with Gasteiger partial charge in [0.05, 0.1) is 27.2 Å². The molecule has 0 aliphatic rings. The van der Waals surface area contributed by atoms with Crippen LogP contribution < -0.4 is 14.8 Å². The molecule has 0 saturated carbocycles. The van der Waals surface area contributed by atoms with Gasteiger partial charge in [-0.1, -0.05) is 18.2 Å². The lowest BCUT2D eigenvalue weighted by Crippen LogP contribution is -2.24. The number of para-hydroxylation sites is 1. The smallest absolute Gasteiger partial charge is 0.308 e. The Labute approximate surface area is 175 Å². The SMILES string of the molecule is CCOC(=O)C[C@H](C=O)O[C@@H](c1ccc(F)cc1NC)c1cccc(OC)c1OC. The second-order valence-electron chi connectivity index (χ2n) is 6.26. The first-order chi connectivity index (χ1) is 14.5. The van der Waals surface area contributed by atoms with Gasteiger partial charge in [0.2, 0.25) is 0 Å². The van der Waals surface area contributed by atoms with E-state index in [0.29, 0.717) is 34.6 Å². The maximum atomic E-state index is 13.8. The highest BCUT2D eigenvalue weighted by Gasteiger charge is 2.28. The first-order valence-corrected chi connectivity index (χ1v) is 9.43. The van der Waals surface area contributed by atoms with Crippen molar-refractivity contribution in [2.24, 2.45) is 0 Å². The van der Waals surface area contributed by atoms with Crippen molar-refractivity contribution >= 4 is 17.9 Å². The molecule has 162 valence electrons. The monoisotopic (exact) mass is 419 g/mol. The minimum Gasteiger partial charge on any atom is -0.493 e. The Morgan fingerprint density at radius 1 is 1.17 bits per heavy atom.